The zero-order chi connectivity index (χ0) is 21.1. The van der Waals surface area contributed by atoms with Crippen LogP contribution in [0.1, 0.15) is 44.2 Å². The first-order chi connectivity index (χ1) is 14.5. The zero-order valence-corrected chi connectivity index (χ0v) is 18.1. The summed E-state index contributed by atoms with van der Waals surface area (Å²) in [6.45, 7) is 2.05. The molecule has 3 heterocycles. The quantitative estimate of drug-likeness (QED) is 0.498. The number of unbranched alkanes of at least 4 members (excludes halogenated alkanes) is 1. The number of nitrogens with zero attached hydrogens (tertiary/aromatic N) is 4. The summed E-state index contributed by atoms with van der Waals surface area (Å²) in [7, 11) is 1.87. The molecule has 0 aliphatic carbocycles. The Hall–Kier alpha value is -2.55. The molecular weight excluding hydrogens is 400 g/mol. The van der Waals surface area contributed by atoms with Crippen molar-refractivity contribution in [1.29, 1.82) is 0 Å². The molecule has 0 unspecified atom stereocenters. The molecule has 2 N–H and O–H groups in total. The highest BCUT2D eigenvalue weighted by Crippen LogP contribution is 2.33. The summed E-state index contributed by atoms with van der Waals surface area (Å²) < 4.78 is 1.71. The van der Waals surface area contributed by atoms with Crippen molar-refractivity contribution in [3.63, 3.8) is 0 Å². The first-order valence-electron chi connectivity index (χ1n) is 10.4. The average molecular weight is 429 g/mol. The smallest absolute Gasteiger partial charge is 0.315 e. The van der Waals surface area contributed by atoms with Gasteiger partial charge in [0.1, 0.15) is 12.7 Å². The molecule has 2 aromatic rings. The van der Waals surface area contributed by atoms with Gasteiger partial charge in [0, 0.05) is 24.5 Å². The van der Waals surface area contributed by atoms with E-state index in [0.717, 1.165) is 36.3 Å². The van der Waals surface area contributed by atoms with Gasteiger partial charge in [0.15, 0.2) is 0 Å². The van der Waals surface area contributed by atoms with Crippen molar-refractivity contribution >= 4 is 23.7 Å². The second-order valence-electron chi connectivity index (χ2n) is 7.98. The molecule has 4 rings (SSSR count). The van der Waals surface area contributed by atoms with E-state index in [4.69, 9.17) is 0 Å². The second kappa shape index (κ2) is 9.07. The maximum Gasteiger partial charge on any atom is 0.315 e. The van der Waals surface area contributed by atoms with Crippen molar-refractivity contribution in [2.24, 2.45) is 0 Å². The second-order valence-corrected chi connectivity index (χ2v) is 9.25. The molecule has 30 heavy (non-hydrogen) atoms. The molecule has 2 fully saturated rings. The molecule has 1 aromatic heterocycles. The van der Waals surface area contributed by atoms with Gasteiger partial charge in [-0.1, -0.05) is 18.6 Å². The number of carbonyl (C=O) groups excluding carboxylic acids is 2. The molecule has 0 bridgehead atoms. The third-order valence-electron chi connectivity index (χ3n) is 6.10. The number of hydrogen-bond donors (Lipinski definition) is 2. The van der Waals surface area contributed by atoms with Crippen LogP contribution in [0.25, 0.3) is 5.69 Å². The average Bonchev–Trinajstić information content (AvgIpc) is 3.48. The fraction of sp³-hybridized carbons (Fsp3) is 0.524. The van der Waals surface area contributed by atoms with E-state index in [0.29, 0.717) is 11.7 Å². The van der Waals surface area contributed by atoms with E-state index in [-0.39, 0.29) is 30.1 Å². The topological polar surface area (TPSA) is 92.2 Å². The number of aromatic nitrogens is 3. The van der Waals surface area contributed by atoms with Gasteiger partial charge in [-0.05, 0) is 37.5 Å². The number of rotatable bonds is 8. The maximum atomic E-state index is 12.7. The molecule has 160 valence electrons. The lowest BCUT2D eigenvalue weighted by Crippen LogP contribution is -2.36. The van der Waals surface area contributed by atoms with Crippen molar-refractivity contribution in [3.8, 4) is 5.69 Å². The molecule has 2 aliphatic heterocycles. The SMILES string of the molecule is C[C@H](c1ccc(-n2cncn2)cc1)N(C)C(=O)CCCC[C@@H]1SC[C@@H]2NC(=O)N[C@@H]21. The van der Waals surface area contributed by atoms with Crippen molar-refractivity contribution < 1.29 is 9.59 Å². The van der Waals surface area contributed by atoms with Crippen LogP contribution < -0.4 is 10.6 Å². The molecule has 0 saturated carbocycles. The Bertz CT molecular complexity index is 872. The molecule has 4 atom stereocenters. The molecule has 8 nitrogen and oxygen atoms in total. The number of urea groups is 1. The number of thioether (sulfide) groups is 1. The minimum absolute atomic E-state index is 0.00761. The fourth-order valence-corrected chi connectivity index (χ4v) is 5.67. The molecule has 2 saturated heterocycles. The summed E-state index contributed by atoms with van der Waals surface area (Å²) in [5.41, 5.74) is 2.03. The Morgan fingerprint density at radius 1 is 1.30 bits per heavy atom. The lowest BCUT2D eigenvalue weighted by atomic mass is 10.0. The van der Waals surface area contributed by atoms with Crippen molar-refractivity contribution in [1.82, 2.24) is 30.3 Å². The molecule has 2 aliphatic rings. The summed E-state index contributed by atoms with van der Waals surface area (Å²) >= 11 is 1.92. The van der Waals surface area contributed by atoms with Gasteiger partial charge in [-0.3, -0.25) is 4.79 Å². The summed E-state index contributed by atoms with van der Waals surface area (Å²) in [4.78, 5) is 29.9. The number of amides is 3. The molecule has 1 aromatic carbocycles. The summed E-state index contributed by atoms with van der Waals surface area (Å²) in [5, 5.41) is 10.6. The molecule has 0 spiro atoms. The van der Waals surface area contributed by atoms with E-state index in [2.05, 4.69) is 20.7 Å². The predicted octanol–water partition coefficient (Wildman–Crippen LogP) is 2.51. The van der Waals surface area contributed by atoms with Crippen LogP contribution in [0, 0.1) is 0 Å². The Kier molecular flexibility index (Phi) is 6.26. The zero-order valence-electron chi connectivity index (χ0n) is 17.3. The summed E-state index contributed by atoms with van der Waals surface area (Å²) in [6, 6.07) is 8.50. The van der Waals surface area contributed by atoms with Crippen LogP contribution in [-0.4, -0.2) is 61.7 Å². The first-order valence-corrected chi connectivity index (χ1v) is 11.5. The largest absolute Gasteiger partial charge is 0.339 e. The number of fused-ring (bicyclic) bond motifs is 1. The predicted molar refractivity (Wildman–Crippen MR) is 117 cm³/mol. The van der Waals surface area contributed by atoms with E-state index < -0.39 is 0 Å². The Labute approximate surface area is 180 Å². The first kappa shape index (κ1) is 20.7. The van der Waals surface area contributed by atoms with Crippen LogP contribution >= 0.6 is 11.8 Å². The van der Waals surface area contributed by atoms with E-state index >= 15 is 0 Å². The normalized spacial score (nSPS) is 23.5. The Morgan fingerprint density at radius 2 is 2.10 bits per heavy atom. The van der Waals surface area contributed by atoms with Crippen LogP contribution in [0.2, 0.25) is 0 Å². The minimum atomic E-state index is -0.0459. The number of benzene rings is 1. The lowest BCUT2D eigenvalue weighted by Gasteiger charge is -2.26. The van der Waals surface area contributed by atoms with E-state index in [9.17, 15) is 9.59 Å². The van der Waals surface area contributed by atoms with Crippen molar-refractivity contribution in [2.45, 2.75) is 56.0 Å². The number of hydrogen-bond acceptors (Lipinski definition) is 5. The maximum absolute atomic E-state index is 12.7. The standard InChI is InChI=1S/C21H28N6O2S/c1-14(15-7-9-16(10-8-15)27-13-22-12-23-27)26(2)19(28)6-4-3-5-18-20-17(11-30-18)24-21(29)25-20/h7-10,12-14,17-18,20H,3-6,11H2,1-2H3,(H2,24,25,29)/t14-,17+,18+,20+/m1/s1. The third-order valence-corrected chi connectivity index (χ3v) is 7.61. The molecular formula is C21H28N6O2S. The van der Waals surface area contributed by atoms with Crippen LogP contribution in [-0.2, 0) is 4.79 Å². The van der Waals surface area contributed by atoms with Gasteiger partial charge >= 0.3 is 6.03 Å². The lowest BCUT2D eigenvalue weighted by molar-refractivity contribution is -0.131. The van der Waals surface area contributed by atoms with Gasteiger partial charge in [0.2, 0.25) is 5.91 Å². The Balaban J connectivity index is 1.22. The molecule has 3 amide bonds. The number of nitrogens with one attached hydrogen (secondary N) is 2. The van der Waals surface area contributed by atoms with Gasteiger partial charge in [0.25, 0.3) is 0 Å². The minimum Gasteiger partial charge on any atom is -0.339 e. The van der Waals surface area contributed by atoms with Crippen LogP contribution in [0.5, 0.6) is 0 Å². The Morgan fingerprint density at radius 3 is 2.83 bits per heavy atom. The van der Waals surface area contributed by atoms with E-state index in [1.54, 1.807) is 11.0 Å². The van der Waals surface area contributed by atoms with Gasteiger partial charge in [0.05, 0.1) is 23.8 Å². The highest BCUT2D eigenvalue weighted by atomic mass is 32.2. The van der Waals surface area contributed by atoms with E-state index in [1.165, 1.54) is 6.33 Å². The summed E-state index contributed by atoms with van der Waals surface area (Å²) in [5.74, 6) is 1.14. The van der Waals surface area contributed by atoms with E-state index in [1.807, 2.05) is 54.9 Å². The summed E-state index contributed by atoms with van der Waals surface area (Å²) in [6.07, 6.45) is 6.62. The van der Waals surface area contributed by atoms with Gasteiger partial charge < -0.3 is 15.5 Å². The molecule has 0 radical (unpaired) electrons. The highest BCUT2D eigenvalue weighted by molar-refractivity contribution is 8.00. The van der Waals surface area contributed by atoms with Crippen molar-refractivity contribution in [2.75, 3.05) is 12.8 Å². The van der Waals surface area contributed by atoms with Gasteiger partial charge in [-0.25, -0.2) is 14.5 Å². The monoisotopic (exact) mass is 428 g/mol. The van der Waals surface area contributed by atoms with Crippen molar-refractivity contribution in [3.05, 3.63) is 42.5 Å². The number of carbonyl (C=O) groups is 2. The van der Waals surface area contributed by atoms with Crippen LogP contribution in [0.4, 0.5) is 4.79 Å². The van der Waals surface area contributed by atoms with Gasteiger partial charge in [-0.15, -0.1) is 0 Å². The van der Waals surface area contributed by atoms with Gasteiger partial charge in [-0.2, -0.15) is 16.9 Å². The molecule has 9 heteroatoms. The van der Waals surface area contributed by atoms with Crippen LogP contribution in [0.15, 0.2) is 36.9 Å². The van der Waals surface area contributed by atoms with Crippen LogP contribution in [0.3, 0.4) is 0 Å². The highest BCUT2D eigenvalue weighted by Gasteiger charge is 2.42. The third kappa shape index (κ3) is 4.45. The fourth-order valence-electron chi connectivity index (χ4n) is 4.13.